The van der Waals surface area contributed by atoms with Gasteiger partial charge < -0.3 is 20.5 Å². The van der Waals surface area contributed by atoms with E-state index in [-0.39, 0.29) is 30.5 Å². The van der Waals surface area contributed by atoms with Gasteiger partial charge >= 0.3 is 0 Å². The maximum Gasteiger partial charge on any atom is 0.221 e. The quantitative estimate of drug-likeness (QED) is 0.810. The molecular weight excluding hydrogens is 292 g/mol. The van der Waals surface area contributed by atoms with Crippen LogP contribution in [0.1, 0.15) is 38.8 Å². The molecule has 0 aliphatic heterocycles. The number of carbonyl (C=O) groups is 1. The number of methoxy groups -OCH3 is 1. The second-order valence-electron chi connectivity index (χ2n) is 4.90. The van der Waals surface area contributed by atoms with Crippen molar-refractivity contribution in [3.8, 4) is 11.5 Å². The highest BCUT2D eigenvalue weighted by Crippen LogP contribution is 2.31. The van der Waals surface area contributed by atoms with Gasteiger partial charge in [-0.05, 0) is 38.5 Å². The molecule has 5 nitrogen and oxygen atoms in total. The van der Waals surface area contributed by atoms with Crippen LogP contribution in [0, 0.1) is 0 Å². The molecule has 0 heterocycles. The molecule has 0 bridgehead atoms. The number of ether oxygens (including phenoxy) is 2. The predicted octanol–water partition coefficient (Wildman–Crippen LogP) is 2.43. The average molecular weight is 317 g/mol. The van der Waals surface area contributed by atoms with Crippen molar-refractivity contribution < 1.29 is 14.3 Å². The minimum absolute atomic E-state index is 0. The Bertz CT molecular complexity index is 453. The zero-order valence-electron chi connectivity index (χ0n) is 13.0. The standard InChI is InChI=1S/C15H24N2O3.ClH/c1-10(2)20-13-6-5-12(9-14(13)19-4)11(3)17-15(18)7-8-16;/h5-6,9-11H,7-8,16H2,1-4H3,(H,17,18);1H. The van der Waals surface area contributed by atoms with Crippen molar-refractivity contribution in [1.29, 1.82) is 0 Å². The summed E-state index contributed by atoms with van der Waals surface area (Å²) in [5.41, 5.74) is 6.32. The van der Waals surface area contributed by atoms with Gasteiger partial charge in [0.2, 0.25) is 5.91 Å². The van der Waals surface area contributed by atoms with Crippen LogP contribution >= 0.6 is 12.4 Å². The molecule has 1 atom stereocenters. The number of benzene rings is 1. The molecule has 3 N–H and O–H groups in total. The van der Waals surface area contributed by atoms with E-state index in [2.05, 4.69) is 5.32 Å². The molecule has 0 saturated heterocycles. The van der Waals surface area contributed by atoms with E-state index < -0.39 is 0 Å². The Kier molecular flexibility index (Phi) is 8.81. The van der Waals surface area contributed by atoms with Crippen LogP contribution in [0.2, 0.25) is 0 Å². The minimum Gasteiger partial charge on any atom is -0.493 e. The highest BCUT2D eigenvalue weighted by Gasteiger charge is 2.13. The summed E-state index contributed by atoms with van der Waals surface area (Å²) < 4.78 is 11.0. The molecule has 0 aliphatic rings. The topological polar surface area (TPSA) is 73.6 Å². The van der Waals surface area contributed by atoms with E-state index in [1.807, 2.05) is 39.0 Å². The first-order valence-corrected chi connectivity index (χ1v) is 6.82. The number of nitrogens with two attached hydrogens (primary N) is 1. The average Bonchev–Trinajstić information content (AvgIpc) is 2.38. The number of nitrogens with one attached hydrogen (secondary N) is 1. The zero-order chi connectivity index (χ0) is 15.1. The van der Waals surface area contributed by atoms with Crippen molar-refractivity contribution in [1.82, 2.24) is 5.32 Å². The van der Waals surface area contributed by atoms with Crippen molar-refractivity contribution in [3.05, 3.63) is 23.8 Å². The van der Waals surface area contributed by atoms with Gasteiger partial charge in [0.05, 0.1) is 19.3 Å². The van der Waals surface area contributed by atoms with E-state index in [9.17, 15) is 4.79 Å². The molecule has 0 saturated carbocycles. The van der Waals surface area contributed by atoms with Crippen LogP contribution in [-0.4, -0.2) is 25.7 Å². The summed E-state index contributed by atoms with van der Waals surface area (Å²) in [7, 11) is 1.60. The number of amides is 1. The largest absolute Gasteiger partial charge is 0.493 e. The number of hydrogen-bond acceptors (Lipinski definition) is 4. The van der Waals surface area contributed by atoms with Crippen LogP contribution in [0.15, 0.2) is 18.2 Å². The highest BCUT2D eigenvalue weighted by atomic mass is 35.5. The molecule has 0 fully saturated rings. The van der Waals surface area contributed by atoms with E-state index >= 15 is 0 Å². The molecule has 1 aromatic rings. The highest BCUT2D eigenvalue weighted by molar-refractivity contribution is 5.85. The van der Waals surface area contributed by atoms with Crippen LogP contribution < -0.4 is 20.5 Å². The molecule has 1 rings (SSSR count). The van der Waals surface area contributed by atoms with Gasteiger partial charge in [0.1, 0.15) is 0 Å². The lowest BCUT2D eigenvalue weighted by Crippen LogP contribution is -2.28. The number of halogens is 1. The Balaban J connectivity index is 0.00000400. The third-order valence-corrected chi connectivity index (χ3v) is 2.80. The molecular formula is C15H25ClN2O3. The minimum atomic E-state index is -0.101. The van der Waals surface area contributed by atoms with Crippen LogP contribution in [0.25, 0.3) is 0 Å². The van der Waals surface area contributed by atoms with Crippen molar-refractivity contribution in [2.24, 2.45) is 5.73 Å². The van der Waals surface area contributed by atoms with Gasteiger partial charge in [0, 0.05) is 13.0 Å². The maximum atomic E-state index is 11.5. The normalized spacial score (nSPS) is 11.5. The lowest BCUT2D eigenvalue weighted by atomic mass is 10.1. The summed E-state index contributed by atoms with van der Waals surface area (Å²) in [6.45, 7) is 6.20. The van der Waals surface area contributed by atoms with Gasteiger partial charge in [-0.3, -0.25) is 4.79 Å². The van der Waals surface area contributed by atoms with E-state index in [0.717, 1.165) is 5.56 Å². The van der Waals surface area contributed by atoms with Gasteiger partial charge in [-0.2, -0.15) is 0 Å². The first-order chi connectivity index (χ1) is 9.47. The molecule has 120 valence electrons. The van der Waals surface area contributed by atoms with E-state index in [1.165, 1.54) is 0 Å². The van der Waals surface area contributed by atoms with Gasteiger partial charge in [-0.25, -0.2) is 0 Å². The summed E-state index contributed by atoms with van der Waals surface area (Å²) in [6.07, 6.45) is 0.409. The fourth-order valence-electron chi connectivity index (χ4n) is 1.83. The third-order valence-electron chi connectivity index (χ3n) is 2.80. The molecule has 1 amide bonds. The molecule has 6 heteroatoms. The molecule has 1 aromatic carbocycles. The first kappa shape index (κ1) is 19.5. The summed E-state index contributed by atoms with van der Waals surface area (Å²) in [4.78, 5) is 11.5. The monoisotopic (exact) mass is 316 g/mol. The Morgan fingerprint density at radius 3 is 2.48 bits per heavy atom. The van der Waals surface area contributed by atoms with E-state index in [1.54, 1.807) is 7.11 Å². The lowest BCUT2D eigenvalue weighted by molar-refractivity contribution is -0.121. The van der Waals surface area contributed by atoms with Crippen LogP contribution in [0.5, 0.6) is 11.5 Å². The Hall–Kier alpha value is -1.46. The van der Waals surface area contributed by atoms with Crippen molar-refractivity contribution >= 4 is 18.3 Å². The smallest absolute Gasteiger partial charge is 0.221 e. The second kappa shape index (κ2) is 9.47. The number of rotatable bonds is 7. The van der Waals surface area contributed by atoms with E-state index in [4.69, 9.17) is 15.2 Å². The second-order valence-corrected chi connectivity index (χ2v) is 4.90. The van der Waals surface area contributed by atoms with Crippen LogP contribution in [-0.2, 0) is 4.79 Å². The van der Waals surface area contributed by atoms with Crippen molar-refractivity contribution in [3.63, 3.8) is 0 Å². The Labute approximate surface area is 132 Å². The van der Waals surface area contributed by atoms with Crippen molar-refractivity contribution in [2.75, 3.05) is 13.7 Å². The molecule has 0 aromatic heterocycles. The summed E-state index contributed by atoms with van der Waals surface area (Å²) >= 11 is 0. The predicted molar refractivity (Wildman–Crippen MR) is 86.2 cm³/mol. The summed E-state index contributed by atoms with van der Waals surface area (Å²) in [5, 5.41) is 2.89. The fraction of sp³-hybridized carbons (Fsp3) is 0.533. The SMILES string of the molecule is COc1cc(C(C)NC(=O)CCN)ccc1OC(C)C.Cl. The molecule has 0 radical (unpaired) electrons. The number of hydrogen-bond donors (Lipinski definition) is 2. The summed E-state index contributed by atoms with van der Waals surface area (Å²) in [5.74, 6) is 1.31. The maximum absolute atomic E-state index is 11.5. The van der Waals surface area contributed by atoms with Gasteiger partial charge in [0.15, 0.2) is 11.5 Å². The fourth-order valence-corrected chi connectivity index (χ4v) is 1.83. The molecule has 0 aliphatic carbocycles. The third kappa shape index (κ3) is 6.23. The molecule has 0 spiro atoms. The van der Waals surface area contributed by atoms with Gasteiger partial charge in [0.25, 0.3) is 0 Å². The van der Waals surface area contributed by atoms with E-state index in [0.29, 0.717) is 24.5 Å². The number of carbonyl (C=O) groups excluding carboxylic acids is 1. The van der Waals surface area contributed by atoms with Gasteiger partial charge in [-0.1, -0.05) is 6.07 Å². The van der Waals surface area contributed by atoms with Crippen LogP contribution in [0.4, 0.5) is 0 Å². The van der Waals surface area contributed by atoms with Crippen LogP contribution in [0.3, 0.4) is 0 Å². The Morgan fingerprint density at radius 1 is 1.29 bits per heavy atom. The Morgan fingerprint density at radius 2 is 1.95 bits per heavy atom. The zero-order valence-corrected chi connectivity index (χ0v) is 13.8. The van der Waals surface area contributed by atoms with Gasteiger partial charge in [-0.15, -0.1) is 12.4 Å². The van der Waals surface area contributed by atoms with Crippen molar-refractivity contribution in [2.45, 2.75) is 39.3 Å². The molecule has 21 heavy (non-hydrogen) atoms. The lowest BCUT2D eigenvalue weighted by Gasteiger charge is -2.18. The summed E-state index contributed by atoms with van der Waals surface area (Å²) in [6, 6.07) is 5.56. The first-order valence-electron chi connectivity index (χ1n) is 6.82. The molecule has 1 unspecified atom stereocenters.